The van der Waals surface area contributed by atoms with Gasteiger partial charge in [-0.25, -0.2) is 0 Å². The molecular formula is C34H70. The number of hydrogen-bond donors (Lipinski definition) is 0. The minimum Gasteiger partial charge on any atom is -0.0654 e. The number of unbranched alkanes of at least 4 members (excludes halogenated alkanes) is 3. The summed E-state index contributed by atoms with van der Waals surface area (Å²) < 4.78 is 0. The SMILES string of the molecule is CCCCCC(C)CCCC(C)CCCCC(C)CCCC(C)CCCC(C)CCCC(C)C. The van der Waals surface area contributed by atoms with Crippen LogP contribution in [0.1, 0.15) is 184 Å². The summed E-state index contributed by atoms with van der Waals surface area (Å²) in [4.78, 5) is 0. The summed E-state index contributed by atoms with van der Waals surface area (Å²) in [6.45, 7) is 19.5. The maximum Gasteiger partial charge on any atom is -0.0443 e. The Balaban J connectivity index is 3.57. The molecule has 0 radical (unpaired) electrons. The molecule has 0 aliphatic rings. The first-order chi connectivity index (χ1) is 16.2. The van der Waals surface area contributed by atoms with Crippen LogP contribution in [0.4, 0.5) is 0 Å². The molecule has 0 heterocycles. The van der Waals surface area contributed by atoms with E-state index in [0.717, 1.165) is 35.5 Å². The summed E-state index contributed by atoms with van der Waals surface area (Å²) in [5, 5.41) is 0. The molecule has 0 spiro atoms. The topological polar surface area (TPSA) is 0 Å². The maximum atomic E-state index is 2.51. The molecule has 0 nitrogen and oxygen atoms in total. The van der Waals surface area contributed by atoms with Gasteiger partial charge in [0.05, 0.1) is 0 Å². The molecule has 0 amide bonds. The second kappa shape index (κ2) is 23.4. The van der Waals surface area contributed by atoms with Gasteiger partial charge in [-0.2, -0.15) is 0 Å². The van der Waals surface area contributed by atoms with Crippen molar-refractivity contribution in [2.45, 2.75) is 184 Å². The van der Waals surface area contributed by atoms with Crippen LogP contribution in [0.2, 0.25) is 0 Å². The largest absolute Gasteiger partial charge is 0.0654 e. The standard InChI is InChI=1S/C34H70/c1-9-10-11-19-30(4)23-15-24-31(5)20-12-13-21-32(6)25-16-27-34(8)28-17-26-33(7)22-14-18-29(2)3/h29-34H,9-28H2,1-8H3. The van der Waals surface area contributed by atoms with Gasteiger partial charge in [0.25, 0.3) is 0 Å². The molecule has 0 rings (SSSR count). The molecule has 0 N–H and O–H groups in total. The van der Waals surface area contributed by atoms with Crippen LogP contribution in [0.5, 0.6) is 0 Å². The molecule has 0 bridgehead atoms. The maximum absolute atomic E-state index is 2.51. The molecule has 206 valence electrons. The first-order valence-corrected chi connectivity index (χ1v) is 16.2. The Kier molecular flexibility index (Phi) is 23.4. The lowest BCUT2D eigenvalue weighted by molar-refractivity contribution is 0.364. The van der Waals surface area contributed by atoms with Crippen LogP contribution in [-0.2, 0) is 0 Å². The van der Waals surface area contributed by atoms with Crippen LogP contribution < -0.4 is 0 Å². The number of rotatable bonds is 25. The highest BCUT2D eigenvalue weighted by Crippen LogP contribution is 2.25. The second-order valence-electron chi connectivity index (χ2n) is 13.4. The minimum absolute atomic E-state index is 0.877. The van der Waals surface area contributed by atoms with E-state index in [9.17, 15) is 0 Å². The van der Waals surface area contributed by atoms with Crippen molar-refractivity contribution in [3.05, 3.63) is 0 Å². The van der Waals surface area contributed by atoms with Crippen LogP contribution in [0.15, 0.2) is 0 Å². The first-order valence-electron chi connectivity index (χ1n) is 16.2. The van der Waals surface area contributed by atoms with Gasteiger partial charge in [0.1, 0.15) is 0 Å². The highest BCUT2D eigenvalue weighted by Gasteiger charge is 2.09. The van der Waals surface area contributed by atoms with Gasteiger partial charge in [-0.3, -0.25) is 0 Å². The van der Waals surface area contributed by atoms with Crippen molar-refractivity contribution in [2.75, 3.05) is 0 Å². The lowest BCUT2D eigenvalue weighted by atomic mass is 9.89. The van der Waals surface area contributed by atoms with E-state index >= 15 is 0 Å². The van der Waals surface area contributed by atoms with E-state index in [2.05, 4.69) is 55.4 Å². The number of hydrogen-bond acceptors (Lipinski definition) is 0. The van der Waals surface area contributed by atoms with Crippen LogP contribution in [0.25, 0.3) is 0 Å². The van der Waals surface area contributed by atoms with Crippen molar-refractivity contribution in [3.63, 3.8) is 0 Å². The summed E-state index contributed by atoms with van der Waals surface area (Å²) in [6.07, 6.45) is 28.9. The van der Waals surface area contributed by atoms with Gasteiger partial charge in [-0.05, 0) is 35.5 Å². The van der Waals surface area contributed by atoms with Crippen LogP contribution in [0.3, 0.4) is 0 Å². The molecule has 0 fully saturated rings. The molecule has 0 saturated carbocycles. The molecule has 34 heavy (non-hydrogen) atoms. The van der Waals surface area contributed by atoms with Crippen LogP contribution in [-0.4, -0.2) is 0 Å². The quantitative estimate of drug-likeness (QED) is 0.114. The summed E-state index contributed by atoms with van der Waals surface area (Å²) in [6, 6.07) is 0. The molecule has 0 saturated heterocycles. The molecule has 5 unspecified atom stereocenters. The van der Waals surface area contributed by atoms with Crippen LogP contribution in [0, 0.1) is 35.5 Å². The predicted octanol–water partition coefficient (Wildman–Crippen LogP) is 12.6. The van der Waals surface area contributed by atoms with E-state index in [-0.39, 0.29) is 0 Å². The van der Waals surface area contributed by atoms with Crippen molar-refractivity contribution in [1.29, 1.82) is 0 Å². The van der Waals surface area contributed by atoms with Gasteiger partial charge < -0.3 is 0 Å². The molecular weight excluding hydrogens is 408 g/mol. The lowest BCUT2D eigenvalue weighted by Crippen LogP contribution is -2.02. The molecule has 0 aromatic rings. The zero-order valence-electron chi connectivity index (χ0n) is 25.6. The van der Waals surface area contributed by atoms with Crippen molar-refractivity contribution in [3.8, 4) is 0 Å². The molecule has 0 aromatic carbocycles. The van der Waals surface area contributed by atoms with E-state index in [0.29, 0.717) is 0 Å². The molecule has 5 atom stereocenters. The summed E-state index contributed by atoms with van der Waals surface area (Å²) in [5.74, 6) is 5.58. The van der Waals surface area contributed by atoms with E-state index in [1.165, 1.54) is 128 Å². The van der Waals surface area contributed by atoms with Gasteiger partial charge in [-0.15, -0.1) is 0 Å². The van der Waals surface area contributed by atoms with E-state index in [1.54, 1.807) is 0 Å². The zero-order valence-corrected chi connectivity index (χ0v) is 25.6. The summed E-state index contributed by atoms with van der Waals surface area (Å²) in [5.41, 5.74) is 0. The Bertz CT molecular complexity index is 397. The van der Waals surface area contributed by atoms with Crippen molar-refractivity contribution in [1.82, 2.24) is 0 Å². The van der Waals surface area contributed by atoms with Crippen molar-refractivity contribution < 1.29 is 0 Å². The van der Waals surface area contributed by atoms with Crippen molar-refractivity contribution >= 4 is 0 Å². The Morgan fingerprint density at radius 3 is 0.794 bits per heavy atom. The van der Waals surface area contributed by atoms with Gasteiger partial charge in [0.2, 0.25) is 0 Å². The second-order valence-corrected chi connectivity index (χ2v) is 13.4. The van der Waals surface area contributed by atoms with Crippen LogP contribution >= 0.6 is 0 Å². The summed E-state index contributed by atoms with van der Waals surface area (Å²) >= 11 is 0. The minimum atomic E-state index is 0.877. The fourth-order valence-electron chi connectivity index (χ4n) is 5.77. The molecule has 0 aliphatic carbocycles. The monoisotopic (exact) mass is 479 g/mol. The van der Waals surface area contributed by atoms with E-state index in [4.69, 9.17) is 0 Å². The zero-order chi connectivity index (χ0) is 25.6. The fourth-order valence-corrected chi connectivity index (χ4v) is 5.77. The summed E-state index contributed by atoms with van der Waals surface area (Å²) in [7, 11) is 0. The van der Waals surface area contributed by atoms with Gasteiger partial charge in [0.15, 0.2) is 0 Å². The third-order valence-electron chi connectivity index (χ3n) is 8.60. The average Bonchev–Trinajstić information content (AvgIpc) is 2.76. The average molecular weight is 479 g/mol. The smallest absolute Gasteiger partial charge is 0.0443 e. The Hall–Kier alpha value is 0. The van der Waals surface area contributed by atoms with Crippen molar-refractivity contribution in [2.24, 2.45) is 35.5 Å². The van der Waals surface area contributed by atoms with Gasteiger partial charge in [0, 0.05) is 0 Å². The third kappa shape index (κ3) is 23.7. The molecule has 0 aromatic heterocycles. The predicted molar refractivity (Wildman–Crippen MR) is 159 cm³/mol. The Labute approximate surface area is 219 Å². The normalized spacial score (nSPS) is 16.5. The Morgan fingerprint density at radius 2 is 0.529 bits per heavy atom. The Morgan fingerprint density at radius 1 is 0.294 bits per heavy atom. The van der Waals surface area contributed by atoms with Gasteiger partial charge >= 0.3 is 0 Å². The van der Waals surface area contributed by atoms with Gasteiger partial charge in [-0.1, -0.05) is 184 Å². The fraction of sp³-hybridized carbons (Fsp3) is 1.00. The molecule has 0 aliphatic heterocycles. The van der Waals surface area contributed by atoms with E-state index < -0.39 is 0 Å². The third-order valence-corrected chi connectivity index (χ3v) is 8.60. The van der Waals surface area contributed by atoms with E-state index in [1.807, 2.05) is 0 Å². The highest BCUT2D eigenvalue weighted by molar-refractivity contribution is 4.63. The molecule has 0 heteroatoms. The highest BCUT2D eigenvalue weighted by atomic mass is 14.2. The lowest BCUT2D eigenvalue weighted by Gasteiger charge is -2.17. The first kappa shape index (κ1) is 34.0.